The molecule has 0 aliphatic carbocycles. The number of hydrogen-bond donors (Lipinski definition) is 0. The van der Waals surface area contributed by atoms with Crippen molar-refractivity contribution in [2.24, 2.45) is 28.2 Å². The molecule has 0 aliphatic rings. The number of aryl methyl sites for hydroxylation is 4. The first-order valence-corrected chi connectivity index (χ1v) is 10.5. The van der Waals surface area contributed by atoms with Crippen molar-refractivity contribution < 1.29 is 4.74 Å². The molecule has 0 spiro atoms. The van der Waals surface area contributed by atoms with Gasteiger partial charge in [0.2, 0.25) is 0 Å². The summed E-state index contributed by atoms with van der Waals surface area (Å²) < 4.78 is 14.0. The number of nitrogens with zero attached hydrogens (tertiary/aromatic N) is 8. The van der Waals surface area contributed by atoms with Gasteiger partial charge in [-0.2, -0.15) is 0 Å². The number of aromatic nitrogens is 8. The van der Waals surface area contributed by atoms with Gasteiger partial charge < -0.3 is 13.9 Å². The lowest BCUT2D eigenvalue weighted by Gasteiger charge is -2.08. The topological polar surface area (TPSA) is 133 Å². The standard InChI is InChI=1S/C20H26N8O5/c1-23-15-13(17(29)25(3)19(23)31)27(11-21-15)7-5-9-33-10-6-8-28-12-22-16-14(28)18(30)26(4)20(32)24(16)2/h11-12H,5-10H2,1-4H3. The quantitative estimate of drug-likeness (QED) is 0.299. The fourth-order valence-electron chi connectivity index (χ4n) is 3.91. The number of rotatable bonds is 8. The van der Waals surface area contributed by atoms with Crippen LogP contribution in [0.25, 0.3) is 22.3 Å². The van der Waals surface area contributed by atoms with Crippen molar-refractivity contribution in [1.82, 2.24) is 37.4 Å². The lowest BCUT2D eigenvalue weighted by atomic mass is 10.4. The van der Waals surface area contributed by atoms with E-state index in [9.17, 15) is 19.2 Å². The summed E-state index contributed by atoms with van der Waals surface area (Å²) in [6.45, 7) is 2.01. The van der Waals surface area contributed by atoms with Gasteiger partial charge in [0, 0.05) is 54.5 Å². The average molecular weight is 458 g/mol. The highest BCUT2D eigenvalue weighted by atomic mass is 16.5. The van der Waals surface area contributed by atoms with E-state index in [-0.39, 0.29) is 11.1 Å². The SMILES string of the molecule is Cn1c(=O)c2c(ncn2CCCOCCCn2cnc3c2c(=O)n(C)c(=O)n3C)n(C)c1=O. The maximum absolute atomic E-state index is 12.5. The molecule has 4 aromatic heterocycles. The van der Waals surface area contributed by atoms with E-state index in [4.69, 9.17) is 4.74 Å². The molecule has 0 aromatic carbocycles. The van der Waals surface area contributed by atoms with Crippen molar-refractivity contribution in [3.63, 3.8) is 0 Å². The smallest absolute Gasteiger partial charge is 0.332 e. The Bertz CT molecular complexity index is 1460. The Morgan fingerprint density at radius 1 is 0.667 bits per heavy atom. The van der Waals surface area contributed by atoms with E-state index < -0.39 is 11.4 Å². The first-order valence-electron chi connectivity index (χ1n) is 10.5. The predicted molar refractivity (Wildman–Crippen MR) is 120 cm³/mol. The minimum atomic E-state index is -0.410. The third-order valence-corrected chi connectivity index (χ3v) is 5.81. The molecule has 13 heteroatoms. The predicted octanol–water partition coefficient (Wildman–Crippen LogP) is -1.32. The van der Waals surface area contributed by atoms with Crippen LogP contribution < -0.4 is 22.5 Å². The van der Waals surface area contributed by atoms with Gasteiger partial charge in [-0.1, -0.05) is 0 Å². The first kappa shape index (κ1) is 22.5. The maximum atomic E-state index is 12.5. The van der Waals surface area contributed by atoms with E-state index in [0.29, 0.717) is 61.5 Å². The summed E-state index contributed by atoms with van der Waals surface area (Å²) >= 11 is 0. The molecule has 0 atom stereocenters. The Labute approximate surface area is 186 Å². The van der Waals surface area contributed by atoms with Crippen LogP contribution in [0.5, 0.6) is 0 Å². The molecule has 176 valence electrons. The number of ether oxygens (including phenoxy) is 1. The second-order valence-electron chi connectivity index (χ2n) is 7.95. The van der Waals surface area contributed by atoms with E-state index in [1.807, 2.05) is 0 Å². The highest BCUT2D eigenvalue weighted by molar-refractivity contribution is 5.70. The Hall–Kier alpha value is -3.74. The van der Waals surface area contributed by atoms with Gasteiger partial charge in [-0.25, -0.2) is 19.6 Å². The molecule has 0 unspecified atom stereocenters. The third kappa shape index (κ3) is 3.73. The summed E-state index contributed by atoms with van der Waals surface area (Å²) in [7, 11) is 6.07. The second-order valence-corrected chi connectivity index (χ2v) is 7.95. The van der Waals surface area contributed by atoms with Gasteiger partial charge >= 0.3 is 11.4 Å². The summed E-state index contributed by atoms with van der Waals surface area (Å²) in [6.07, 6.45) is 4.44. The molecule has 0 aliphatic heterocycles. The van der Waals surface area contributed by atoms with Crippen LogP contribution in [0.4, 0.5) is 0 Å². The van der Waals surface area contributed by atoms with Crippen LogP contribution in [0.3, 0.4) is 0 Å². The Balaban J connectivity index is 1.32. The van der Waals surface area contributed by atoms with E-state index in [1.54, 1.807) is 35.9 Å². The summed E-state index contributed by atoms with van der Waals surface area (Å²) in [6, 6.07) is 0. The fourth-order valence-corrected chi connectivity index (χ4v) is 3.91. The van der Waals surface area contributed by atoms with Crippen LogP contribution in [0.1, 0.15) is 12.8 Å². The monoisotopic (exact) mass is 458 g/mol. The van der Waals surface area contributed by atoms with E-state index in [1.165, 1.54) is 23.2 Å². The zero-order chi connectivity index (χ0) is 23.9. The van der Waals surface area contributed by atoms with Crippen LogP contribution in [-0.4, -0.2) is 50.6 Å². The Morgan fingerprint density at radius 3 is 1.45 bits per heavy atom. The summed E-state index contributed by atoms with van der Waals surface area (Å²) in [5.41, 5.74) is -0.0605. The van der Waals surface area contributed by atoms with Crippen LogP contribution >= 0.6 is 0 Å². The molecule has 0 saturated carbocycles. The molecule has 0 radical (unpaired) electrons. The largest absolute Gasteiger partial charge is 0.381 e. The van der Waals surface area contributed by atoms with E-state index in [0.717, 1.165) is 9.13 Å². The molecular formula is C20H26N8O5. The second kappa shape index (κ2) is 8.65. The zero-order valence-corrected chi connectivity index (χ0v) is 19.0. The Morgan fingerprint density at radius 2 is 1.06 bits per heavy atom. The summed E-state index contributed by atoms with van der Waals surface area (Å²) in [5.74, 6) is 0. The van der Waals surface area contributed by atoms with Gasteiger partial charge in [0.1, 0.15) is 0 Å². The van der Waals surface area contributed by atoms with Gasteiger partial charge in [0.25, 0.3) is 11.1 Å². The first-order chi connectivity index (χ1) is 15.7. The molecule has 33 heavy (non-hydrogen) atoms. The number of hydrogen-bond acceptors (Lipinski definition) is 7. The van der Waals surface area contributed by atoms with Gasteiger partial charge in [0.15, 0.2) is 22.3 Å². The molecule has 4 heterocycles. The van der Waals surface area contributed by atoms with Crippen LogP contribution in [0.15, 0.2) is 31.8 Å². The number of imidazole rings is 2. The molecule has 0 amide bonds. The van der Waals surface area contributed by atoms with Gasteiger partial charge in [-0.15, -0.1) is 0 Å². The lowest BCUT2D eigenvalue weighted by molar-refractivity contribution is 0.124. The van der Waals surface area contributed by atoms with E-state index in [2.05, 4.69) is 9.97 Å². The van der Waals surface area contributed by atoms with Crippen molar-refractivity contribution in [3.8, 4) is 0 Å². The van der Waals surface area contributed by atoms with Crippen molar-refractivity contribution in [1.29, 1.82) is 0 Å². The summed E-state index contributed by atoms with van der Waals surface area (Å²) in [4.78, 5) is 57.3. The Kier molecular flexibility index (Phi) is 5.89. The molecule has 4 rings (SSSR count). The van der Waals surface area contributed by atoms with Crippen LogP contribution in [-0.2, 0) is 46.0 Å². The minimum absolute atomic E-state index is 0.361. The van der Waals surface area contributed by atoms with E-state index >= 15 is 0 Å². The van der Waals surface area contributed by atoms with Crippen molar-refractivity contribution >= 4 is 22.3 Å². The molecule has 0 saturated heterocycles. The lowest BCUT2D eigenvalue weighted by Crippen LogP contribution is -2.37. The highest BCUT2D eigenvalue weighted by Crippen LogP contribution is 2.08. The highest BCUT2D eigenvalue weighted by Gasteiger charge is 2.15. The van der Waals surface area contributed by atoms with Crippen molar-refractivity contribution in [2.45, 2.75) is 25.9 Å². The van der Waals surface area contributed by atoms with Crippen LogP contribution in [0.2, 0.25) is 0 Å². The van der Waals surface area contributed by atoms with Gasteiger partial charge in [0.05, 0.1) is 12.7 Å². The fraction of sp³-hybridized carbons (Fsp3) is 0.500. The zero-order valence-electron chi connectivity index (χ0n) is 19.0. The number of fused-ring (bicyclic) bond motifs is 2. The molecule has 4 aromatic rings. The third-order valence-electron chi connectivity index (χ3n) is 5.81. The molecule has 0 bridgehead atoms. The maximum Gasteiger partial charge on any atom is 0.332 e. The summed E-state index contributed by atoms with van der Waals surface area (Å²) in [5, 5.41) is 0. The average Bonchev–Trinajstić information content (AvgIpc) is 3.42. The molecular weight excluding hydrogens is 432 g/mol. The molecule has 0 N–H and O–H groups in total. The van der Waals surface area contributed by atoms with Crippen molar-refractivity contribution in [2.75, 3.05) is 13.2 Å². The van der Waals surface area contributed by atoms with Crippen molar-refractivity contribution in [3.05, 3.63) is 54.3 Å². The normalized spacial score (nSPS) is 11.8. The molecule has 13 nitrogen and oxygen atoms in total. The van der Waals surface area contributed by atoms with Gasteiger partial charge in [-0.05, 0) is 12.8 Å². The molecule has 0 fully saturated rings. The minimum Gasteiger partial charge on any atom is -0.381 e. The van der Waals surface area contributed by atoms with Gasteiger partial charge in [-0.3, -0.25) is 27.9 Å². The van der Waals surface area contributed by atoms with Crippen LogP contribution in [0, 0.1) is 0 Å².